The zero-order valence-corrected chi connectivity index (χ0v) is 26.5. The lowest BCUT2D eigenvalue weighted by Gasteiger charge is -2.24. The second-order valence-corrected chi connectivity index (χ2v) is 12.6. The molecule has 5 amide bonds. The summed E-state index contributed by atoms with van der Waals surface area (Å²) in [5, 5.41) is 9.46. The normalized spacial score (nSPS) is 13.8. The van der Waals surface area contributed by atoms with E-state index >= 15 is 0 Å². The highest BCUT2D eigenvalue weighted by Crippen LogP contribution is 2.26. The third-order valence-electron chi connectivity index (χ3n) is 7.59. The summed E-state index contributed by atoms with van der Waals surface area (Å²) in [7, 11) is 0. The number of carbonyl (C=O) groups excluding carboxylic acids is 5. The SMILES string of the molecule is CC(C)C[C@H](NC(=O)c1cc2ccccc2s1)C(=O)NCC[C@H](CN1C(=O)c2ccccc2C1=O)NC(=O)OCc1ccccc1. The van der Waals surface area contributed by atoms with Crippen LogP contribution in [0.1, 0.15) is 62.6 Å². The van der Waals surface area contributed by atoms with Gasteiger partial charge < -0.3 is 20.7 Å². The summed E-state index contributed by atoms with van der Waals surface area (Å²) >= 11 is 1.36. The molecule has 5 rings (SSSR count). The van der Waals surface area contributed by atoms with E-state index in [1.54, 1.807) is 24.3 Å². The van der Waals surface area contributed by atoms with Crippen LogP contribution in [0.2, 0.25) is 0 Å². The van der Waals surface area contributed by atoms with Crippen molar-refractivity contribution < 1.29 is 28.7 Å². The number of benzene rings is 3. The summed E-state index contributed by atoms with van der Waals surface area (Å²) in [4.78, 5) is 66.9. The number of thiophene rings is 1. The molecule has 2 atom stereocenters. The Morgan fingerprint density at radius 1 is 0.848 bits per heavy atom. The molecule has 0 radical (unpaired) electrons. The summed E-state index contributed by atoms with van der Waals surface area (Å²) in [6.07, 6.45) is -0.103. The Bertz CT molecular complexity index is 1670. The number of ether oxygens (including phenoxy) is 1. The number of nitrogens with zero attached hydrogens (tertiary/aromatic N) is 1. The van der Waals surface area contributed by atoms with Gasteiger partial charge in [0.15, 0.2) is 0 Å². The fraction of sp³-hybridized carbons (Fsp3) is 0.286. The van der Waals surface area contributed by atoms with Crippen molar-refractivity contribution in [3.63, 3.8) is 0 Å². The van der Waals surface area contributed by atoms with Crippen molar-refractivity contribution in [2.24, 2.45) is 5.92 Å². The third-order valence-corrected chi connectivity index (χ3v) is 8.70. The van der Waals surface area contributed by atoms with Crippen LogP contribution in [-0.4, -0.2) is 59.8 Å². The monoisotopic (exact) mass is 640 g/mol. The molecule has 0 aliphatic carbocycles. The van der Waals surface area contributed by atoms with Gasteiger partial charge in [0.05, 0.1) is 22.0 Å². The number of hydrogen-bond acceptors (Lipinski definition) is 7. The van der Waals surface area contributed by atoms with Crippen molar-refractivity contribution in [1.82, 2.24) is 20.9 Å². The van der Waals surface area contributed by atoms with E-state index in [-0.39, 0.29) is 43.8 Å². The maximum absolute atomic E-state index is 13.3. The molecule has 0 fully saturated rings. The Morgan fingerprint density at radius 3 is 2.17 bits per heavy atom. The highest BCUT2D eigenvalue weighted by Gasteiger charge is 2.36. The smallest absolute Gasteiger partial charge is 0.407 e. The van der Waals surface area contributed by atoms with Crippen LogP contribution in [0.15, 0.2) is 84.9 Å². The Balaban J connectivity index is 1.22. The molecule has 0 unspecified atom stereocenters. The quantitative estimate of drug-likeness (QED) is 0.173. The van der Waals surface area contributed by atoms with E-state index in [2.05, 4.69) is 16.0 Å². The molecule has 2 heterocycles. The fourth-order valence-electron chi connectivity index (χ4n) is 5.28. The van der Waals surface area contributed by atoms with Gasteiger partial charge in [0, 0.05) is 17.8 Å². The molecule has 1 aliphatic rings. The number of carbonyl (C=O) groups is 5. The first-order valence-electron chi connectivity index (χ1n) is 15.2. The lowest BCUT2D eigenvalue weighted by Crippen LogP contribution is -2.50. The van der Waals surface area contributed by atoms with E-state index in [1.165, 1.54) is 11.3 Å². The first-order valence-corrected chi connectivity index (χ1v) is 16.0. The molecule has 3 N–H and O–H groups in total. The Hall–Kier alpha value is -5.03. The van der Waals surface area contributed by atoms with Gasteiger partial charge in [0.1, 0.15) is 12.6 Å². The second-order valence-electron chi connectivity index (χ2n) is 11.6. The van der Waals surface area contributed by atoms with Gasteiger partial charge >= 0.3 is 6.09 Å². The van der Waals surface area contributed by atoms with Crippen molar-refractivity contribution in [3.05, 3.63) is 106 Å². The molecule has 1 aromatic heterocycles. The predicted octanol–water partition coefficient (Wildman–Crippen LogP) is 5.14. The molecule has 0 saturated heterocycles. The summed E-state index contributed by atoms with van der Waals surface area (Å²) in [5.74, 6) is -1.46. The molecule has 1 aliphatic heterocycles. The lowest BCUT2D eigenvalue weighted by molar-refractivity contribution is -0.123. The number of fused-ring (bicyclic) bond motifs is 2. The Kier molecular flexibility index (Phi) is 10.4. The van der Waals surface area contributed by atoms with Crippen LogP contribution in [0.5, 0.6) is 0 Å². The Morgan fingerprint density at radius 2 is 1.50 bits per heavy atom. The zero-order valence-electron chi connectivity index (χ0n) is 25.7. The van der Waals surface area contributed by atoms with Crippen molar-refractivity contribution in [2.75, 3.05) is 13.1 Å². The van der Waals surface area contributed by atoms with E-state index in [0.29, 0.717) is 22.4 Å². The molecular formula is C35H36N4O6S. The first-order chi connectivity index (χ1) is 22.2. The van der Waals surface area contributed by atoms with Crippen molar-refractivity contribution in [2.45, 2.75) is 45.4 Å². The van der Waals surface area contributed by atoms with Crippen molar-refractivity contribution in [3.8, 4) is 0 Å². The number of rotatable bonds is 13. The predicted molar refractivity (Wildman–Crippen MR) is 176 cm³/mol. The fourth-order valence-corrected chi connectivity index (χ4v) is 6.25. The summed E-state index contributed by atoms with van der Waals surface area (Å²) in [6, 6.07) is 23.7. The molecule has 10 nitrogen and oxygen atoms in total. The number of nitrogens with one attached hydrogen (secondary N) is 3. The van der Waals surface area contributed by atoms with Gasteiger partial charge in [-0.3, -0.25) is 24.1 Å². The van der Waals surface area contributed by atoms with Crippen LogP contribution >= 0.6 is 11.3 Å². The third kappa shape index (κ3) is 7.97. The van der Waals surface area contributed by atoms with Crippen LogP contribution in [0.4, 0.5) is 4.79 Å². The molecule has 46 heavy (non-hydrogen) atoms. The molecule has 4 aromatic rings. The van der Waals surface area contributed by atoms with Gasteiger partial charge in [-0.25, -0.2) is 4.79 Å². The van der Waals surface area contributed by atoms with E-state index in [1.807, 2.05) is 74.5 Å². The number of amides is 5. The van der Waals surface area contributed by atoms with Crippen molar-refractivity contribution >= 4 is 51.1 Å². The molecule has 238 valence electrons. The molecular weight excluding hydrogens is 604 g/mol. The van der Waals surface area contributed by atoms with Gasteiger partial charge in [-0.2, -0.15) is 0 Å². The maximum atomic E-state index is 13.3. The number of hydrogen-bond donors (Lipinski definition) is 3. The average Bonchev–Trinajstić information content (AvgIpc) is 3.59. The van der Waals surface area contributed by atoms with Gasteiger partial charge in [-0.05, 0) is 54.0 Å². The number of imide groups is 1. The first kappa shape index (κ1) is 32.4. The van der Waals surface area contributed by atoms with Crippen molar-refractivity contribution in [1.29, 1.82) is 0 Å². The van der Waals surface area contributed by atoms with E-state index in [0.717, 1.165) is 20.5 Å². The number of alkyl carbamates (subject to hydrolysis) is 1. The highest BCUT2D eigenvalue weighted by molar-refractivity contribution is 7.20. The topological polar surface area (TPSA) is 134 Å². The van der Waals surface area contributed by atoms with Gasteiger partial charge in [-0.15, -0.1) is 11.3 Å². The van der Waals surface area contributed by atoms with Gasteiger partial charge in [-0.1, -0.05) is 74.5 Å². The highest BCUT2D eigenvalue weighted by atomic mass is 32.1. The van der Waals surface area contributed by atoms with Crippen LogP contribution in [0.3, 0.4) is 0 Å². The van der Waals surface area contributed by atoms with Crippen LogP contribution < -0.4 is 16.0 Å². The molecule has 0 bridgehead atoms. The summed E-state index contributed by atoms with van der Waals surface area (Å²) < 4.78 is 6.37. The average molecular weight is 641 g/mol. The molecule has 0 spiro atoms. The van der Waals surface area contributed by atoms with E-state index in [9.17, 15) is 24.0 Å². The van der Waals surface area contributed by atoms with Gasteiger partial charge in [0.25, 0.3) is 17.7 Å². The second kappa shape index (κ2) is 14.8. The maximum Gasteiger partial charge on any atom is 0.407 e. The minimum absolute atomic E-state index is 0.0412. The summed E-state index contributed by atoms with van der Waals surface area (Å²) in [6.45, 7) is 3.98. The molecule has 3 aromatic carbocycles. The largest absolute Gasteiger partial charge is 0.445 e. The zero-order chi connectivity index (χ0) is 32.6. The van der Waals surface area contributed by atoms with E-state index < -0.39 is 30.0 Å². The van der Waals surface area contributed by atoms with E-state index in [4.69, 9.17) is 4.74 Å². The minimum Gasteiger partial charge on any atom is -0.445 e. The van der Waals surface area contributed by atoms with Crippen LogP contribution in [0.25, 0.3) is 10.1 Å². The lowest BCUT2D eigenvalue weighted by atomic mass is 10.0. The molecule has 0 saturated carbocycles. The Labute approximate surface area is 271 Å². The summed E-state index contributed by atoms with van der Waals surface area (Å²) in [5.41, 5.74) is 1.41. The van der Waals surface area contributed by atoms with Crippen LogP contribution in [-0.2, 0) is 16.1 Å². The standard InChI is InChI=1S/C35H36N4O6S/c1-22(2)18-28(38-32(41)30-19-24-12-6-9-15-29(24)46-30)31(40)36-17-16-25(37-35(44)45-21-23-10-4-3-5-11-23)20-39-33(42)26-13-7-8-14-27(26)34(39)43/h3-15,19,22,25,28H,16-18,20-21H2,1-2H3,(H,36,40)(H,37,44)(H,38,41)/t25-,28+/m1/s1. The molecule has 11 heteroatoms. The van der Waals surface area contributed by atoms with Crippen LogP contribution in [0, 0.1) is 5.92 Å². The minimum atomic E-state index is -0.781. The van der Waals surface area contributed by atoms with Gasteiger partial charge in [0.2, 0.25) is 5.91 Å².